The fraction of sp³-hybridized carbons (Fsp3) is 0.769. The number of amides is 1. The molecular formula is C13H23N5O2. The zero-order valence-corrected chi connectivity index (χ0v) is 12.3. The molecule has 1 aliphatic heterocycles. The molecule has 7 nitrogen and oxygen atoms in total. The summed E-state index contributed by atoms with van der Waals surface area (Å²) < 4.78 is 7.39. The van der Waals surface area contributed by atoms with E-state index in [1.54, 1.807) is 11.0 Å². The van der Waals surface area contributed by atoms with Crippen LogP contribution in [-0.2, 0) is 9.53 Å². The van der Waals surface area contributed by atoms with E-state index < -0.39 is 0 Å². The summed E-state index contributed by atoms with van der Waals surface area (Å²) in [5.41, 5.74) is 0. The molecule has 2 heterocycles. The Morgan fingerprint density at radius 2 is 2.15 bits per heavy atom. The second-order valence-electron chi connectivity index (χ2n) is 5.48. The van der Waals surface area contributed by atoms with Crippen molar-refractivity contribution in [3.05, 3.63) is 12.7 Å². The summed E-state index contributed by atoms with van der Waals surface area (Å²) in [7, 11) is 0. The second kappa shape index (κ2) is 6.81. The zero-order chi connectivity index (χ0) is 14.5. The van der Waals surface area contributed by atoms with E-state index in [2.05, 4.69) is 20.3 Å². The Bertz CT molecular complexity index is 412. The summed E-state index contributed by atoms with van der Waals surface area (Å²) in [4.78, 5) is 18.0. The minimum atomic E-state index is 0.0401. The van der Waals surface area contributed by atoms with Crippen LogP contribution in [0.5, 0.6) is 0 Å². The van der Waals surface area contributed by atoms with Crippen molar-refractivity contribution in [2.45, 2.75) is 39.0 Å². The number of aromatic nitrogens is 3. The number of nitrogens with zero attached hydrogens (tertiary/aromatic N) is 4. The minimum Gasteiger partial charge on any atom is -0.373 e. The fourth-order valence-corrected chi connectivity index (χ4v) is 2.47. The van der Waals surface area contributed by atoms with Crippen molar-refractivity contribution in [3.8, 4) is 0 Å². The third kappa shape index (κ3) is 4.28. The van der Waals surface area contributed by atoms with Gasteiger partial charge in [0.25, 0.3) is 0 Å². The van der Waals surface area contributed by atoms with Crippen LogP contribution >= 0.6 is 0 Å². The molecule has 1 amide bonds. The van der Waals surface area contributed by atoms with E-state index in [-0.39, 0.29) is 24.2 Å². The predicted octanol–water partition coefficient (Wildman–Crippen LogP) is 0.0645. The smallest absolute Gasteiger partial charge is 0.234 e. The molecule has 7 heteroatoms. The Labute approximate surface area is 119 Å². The van der Waals surface area contributed by atoms with Gasteiger partial charge in [-0.05, 0) is 20.8 Å². The van der Waals surface area contributed by atoms with Crippen LogP contribution in [-0.4, -0.2) is 64.0 Å². The summed E-state index contributed by atoms with van der Waals surface area (Å²) in [6.45, 7) is 8.64. The van der Waals surface area contributed by atoms with Gasteiger partial charge in [0, 0.05) is 19.6 Å². The first kappa shape index (κ1) is 14.9. The van der Waals surface area contributed by atoms with Gasteiger partial charge in [-0.2, -0.15) is 5.10 Å². The molecule has 1 fully saturated rings. The summed E-state index contributed by atoms with van der Waals surface area (Å²) >= 11 is 0. The maximum Gasteiger partial charge on any atom is 0.234 e. The van der Waals surface area contributed by atoms with E-state index in [1.165, 1.54) is 6.33 Å². The van der Waals surface area contributed by atoms with Crippen LogP contribution in [0, 0.1) is 0 Å². The molecule has 1 N–H and O–H groups in total. The Morgan fingerprint density at radius 1 is 1.45 bits per heavy atom. The van der Waals surface area contributed by atoms with Crippen LogP contribution in [0.2, 0.25) is 0 Å². The molecule has 0 aliphatic carbocycles. The van der Waals surface area contributed by atoms with Gasteiger partial charge in [-0.15, -0.1) is 0 Å². The van der Waals surface area contributed by atoms with Gasteiger partial charge in [0.15, 0.2) is 0 Å². The van der Waals surface area contributed by atoms with E-state index in [9.17, 15) is 4.79 Å². The van der Waals surface area contributed by atoms with Crippen molar-refractivity contribution >= 4 is 5.91 Å². The molecule has 0 spiro atoms. The van der Waals surface area contributed by atoms with Crippen molar-refractivity contribution < 1.29 is 9.53 Å². The highest BCUT2D eigenvalue weighted by atomic mass is 16.5. The maximum atomic E-state index is 12.0. The molecule has 1 aromatic rings. The van der Waals surface area contributed by atoms with E-state index in [0.29, 0.717) is 13.1 Å². The molecule has 3 atom stereocenters. The molecule has 20 heavy (non-hydrogen) atoms. The molecule has 1 saturated heterocycles. The van der Waals surface area contributed by atoms with Gasteiger partial charge >= 0.3 is 0 Å². The van der Waals surface area contributed by atoms with Crippen LogP contribution in [0.3, 0.4) is 0 Å². The first-order valence-electron chi connectivity index (χ1n) is 7.03. The van der Waals surface area contributed by atoms with Crippen molar-refractivity contribution in [2.75, 3.05) is 26.2 Å². The van der Waals surface area contributed by atoms with Gasteiger partial charge in [-0.1, -0.05) is 0 Å². The summed E-state index contributed by atoms with van der Waals surface area (Å²) in [5, 5.41) is 6.99. The third-order valence-electron chi connectivity index (χ3n) is 3.35. The SMILES string of the molecule is C[C@@H]1CN(CC(=O)NC[C@H](C)n2cncn2)C[C@H](C)O1. The molecular weight excluding hydrogens is 258 g/mol. The number of carbonyl (C=O) groups is 1. The van der Waals surface area contributed by atoms with Crippen LogP contribution in [0.1, 0.15) is 26.8 Å². The molecule has 112 valence electrons. The number of carbonyl (C=O) groups excluding carboxylic acids is 1. The van der Waals surface area contributed by atoms with E-state index >= 15 is 0 Å². The quantitative estimate of drug-likeness (QED) is 0.826. The number of morpholine rings is 1. The fourth-order valence-electron chi connectivity index (χ4n) is 2.47. The predicted molar refractivity (Wildman–Crippen MR) is 74.2 cm³/mol. The van der Waals surface area contributed by atoms with E-state index in [4.69, 9.17) is 4.74 Å². The largest absolute Gasteiger partial charge is 0.373 e. The molecule has 0 aromatic carbocycles. The second-order valence-corrected chi connectivity index (χ2v) is 5.48. The Hall–Kier alpha value is -1.47. The van der Waals surface area contributed by atoms with Crippen molar-refractivity contribution in [3.63, 3.8) is 0 Å². The summed E-state index contributed by atoms with van der Waals surface area (Å²) in [5.74, 6) is 0.0401. The average molecular weight is 281 g/mol. The number of hydrogen-bond acceptors (Lipinski definition) is 5. The van der Waals surface area contributed by atoms with Gasteiger partial charge in [0.2, 0.25) is 5.91 Å². The minimum absolute atomic E-state index is 0.0401. The standard InChI is InChI=1S/C13H23N5O2/c1-10(18-9-14-8-16-18)4-15-13(19)7-17-5-11(2)20-12(3)6-17/h8-12H,4-7H2,1-3H3,(H,15,19)/t10-,11-,12+/m0/s1. The maximum absolute atomic E-state index is 12.0. The lowest BCUT2D eigenvalue weighted by Crippen LogP contribution is -2.49. The number of hydrogen-bond donors (Lipinski definition) is 1. The van der Waals surface area contributed by atoms with Crippen LogP contribution in [0.25, 0.3) is 0 Å². The lowest BCUT2D eigenvalue weighted by Gasteiger charge is -2.34. The topological polar surface area (TPSA) is 72.3 Å². The third-order valence-corrected chi connectivity index (χ3v) is 3.35. The van der Waals surface area contributed by atoms with E-state index in [0.717, 1.165) is 13.1 Å². The highest BCUT2D eigenvalue weighted by Crippen LogP contribution is 2.09. The first-order chi connectivity index (χ1) is 9.54. The molecule has 2 rings (SSSR count). The van der Waals surface area contributed by atoms with Crippen LogP contribution in [0.15, 0.2) is 12.7 Å². The molecule has 0 bridgehead atoms. The van der Waals surface area contributed by atoms with Crippen molar-refractivity contribution in [1.29, 1.82) is 0 Å². The van der Waals surface area contributed by atoms with Crippen molar-refractivity contribution in [1.82, 2.24) is 25.0 Å². The number of ether oxygens (including phenoxy) is 1. The van der Waals surface area contributed by atoms with Gasteiger partial charge < -0.3 is 10.1 Å². The molecule has 0 saturated carbocycles. The van der Waals surface area contributed by atoms with Gasteiger partial charge in [-0.25, -0.2) is 9.67 Å². The average Bonchev–Trinajstić information content (AvgIpc) is 2.88. The summed E-state index contributed by atoms with van der Waals surface area (Å²) in [6, 6.07) is 0.101. The highest BCUT2D eigenvalue weighted by Gasteiger charge is 2.23. The monoisotopic (exact) mass is 281 g/mol. The van der Waals surface area contributed by atoms with Crippen LogP contribution in [0.4, 0.5) is 0 Å². The summed E-state index contributed by atoms with van der Waals surface area (Å²) in [6.07, 6.45) is 3.51. The van der Waals surface area contributed by atoms with Crippen molar-refractivity contribution in [2.24, 2.45) is 0 Å². The Morgan fingerprint density at radius 3 is 2.75 bits per heavy atom. The molecule has 1 aromatic heterocycles. The van der Waals surface area contributed by atoms with Crippen LogP contribution < -0.4 is 5.32 Å². The Kier molecular flexibility index (Phi) is 5.08. The Balaban J connectivity index is 1.72. The van der Waals surface area contributed by atoms with E-state index in [1.807, 2.05) is 20.8 Å². The number of rotatable bonds is 5. The lowest BCUT2D eigenvalue weighted by molar-refractivity contribution is -0.126. The molecule has 0 unspecified atom stereocenters. The first-order valence-corrected chi connectivity index (χ1v) is 7.03. The van der Waals surface area contributed by atoms with Gasteiger partial charge in [0.05, 0.1) is 24.8 Å². The number of nitrogens with one attached hydrogen (secondary N) is 1. The lowest BCUT2D eigenvalue weighted by atomic mass is 10.2. The molecule has 0 radical (unpaired) electrons. The zero-order valence-electron chi connectivity index (χ0n) is 12.3. The van der Waals surface area contributed by atoms with Gasteiger partial charge in [0.1, 0.15) is 12.7 Å². The highest BCUT2D eigenvalue weighted by molar-refractivity contribution is 5.78. The van der Waals surface area contributed by atoms with Gasteiger partial charge in [-0.3, -0.25) is 9.69 Å². The normalized spacial score (nSPS) is 25.4. The molecule has 1 aliphatic rings.